The fourth-order valence-electron chi connectivity index (χ4n) is 1.85. The number of nitrogen functional groups attached to an aromatic ring is 1. The molecule has 2 rings (SSSR count). The highest BCUT2D eigenvalue weighted by molar-refractivity contribution is 6.31. The van der Waals surface area contributed by atoms with Gasteiger partial charge in [-0.3, -0.25) is 0 Å². The van der Waals surface area contributed by atoms with Crippen molar-refractivity contribution < 1.29 is 4.39 Å². The van der Waals surface area contributed by atoms with Crippen LogP contribution in [0.2, 0.25) is 10.0 Å². The number of rotatable bonds is 3. The minimum atomic E-state index is -0.519. The summed E-state index contributed by atoms with van der Waals surface area (Å²) in [5, 5.41) is 0.733. The average Bonchev–Trinajstić information content (AvgIpc) is 2.36. The van der Waals surface area contributed by atoms with Gasteiger partial charge in [-0.1, -0.05) is 41.4 Å². The van der Waals surface area contributed by atoms with Crippen LogP contribution in [0.15, 0.2) is 36.4 Å². The van der Waals surface area contributed by atoms with E-state index < -0.39 is 5.82 Å². The summed E-state index contributed by atoms with van der Waals surface area (Å²) in [5.74, 6) is -0.519. The molecule has 19 heavy (non-hydrogen) atoms. The van der Waals surface area contributed by atoms with Crippen LogP contribution in [0.4, 0.5) is 15.8 Å². The van der Waals surface area contributed by atoms with Crippen LogP contribution in [-0.2, 0) is 6.54 Å². The number of hydrogen-bond acceptors (Lipinski definition) is 2. The topological polar surface area (TPSA) is 29.3 Å². The van der Waals surface area contributed by atoms with Crippen LogP contribution in [0.3, 0.4) is 0 Å². The molecule has 5 heteroatoms. The maximum Gasteiger partial charge on any atom is 0.143 e. The smallest absolute Gasteiger partial charge is 0.143 e. The van der Waals surface area contributed by atoms with E-state index in [1.165, 1.54) is 12.1 Å². The summed E-state index contributed by atoms with van der Waals surface area (Å²) in [7, 11) is 1.85. The molecule has 0 aliphatic rings. The molecule has 0 saturated carbocycles. The number of anilines is 2. The minimum Gasteiger partial charge on any atom is -0.397 e. The summed E-state index contributed by atoms with van der Waals surface area (Å²) in [4.78, 5) is 1.88. The molecular formula is C14H13Cl2FN2. The van der Waals surface area contributed by atoms with Crippen molar-refractivity contribution in [1.82, 2.24) is 0 Å². The lowest BCUT2D eigenvalue weighted by atomic mass is 10.2. The van der Waals surface area contributed by atoms with Crippen LogP contribution < -0.4 is 10.6 Å². The fraction of sp³-hybridized carbons (Fsp3) is 0.143. The Kier molecular flexibility index (Phi) is 4.17. The Morgan fingerprint density at radius 2 is 1.84 bits per heavy atom. The van der Waals surface area contributed by atoms with Gasteiger partial charge >= 0.3 is 0 Å². The molecule has 0 spiro atoms. The van der Waals surface area contributed by atoms with E-state index in [1.54, 1.807) is 0 Å². The molecule has 0 amide bonds. The van der Waals surface area contributed by atoms with Gasteiger partial charge in [0.1, 0.15) is 5.82 Å². The van der Waals surface area contributed by atoms with Gasteiger partial charge in [-0.15, -0.1) is 0 Å². The normalized spacial score (nSPS) is 10.5. The van der Waals surface area contributed by atoms with Gasteiger partial charge in [-0.05, 0) is 17.7 Å². The molecule has 0 fully saturated rings. The molecule has 0 saturated heterocycles. The molecule has 0 bridgehead atoms. The summed E-state index contributed by atoms with van der Waals surface area (Å²) < 4.78 is 13.3. The Morgan fingerprint density at radius 1 is 1.16 bits per heavy atom. The van der Waals surface area contributed by atoms with Crippen LogP contribution in [0.25, 0.3) is 0 Å². The lowest BCUT2D eigenvalue weighted by Gasteiger charge is -2.22. The van der Waals surface area contributed by atoms with Crippen molar-refractivity contribution in [2.75, 3.05) is 17.7 Å². The number of halogens is 3. The Balaban J connectivity index is 2.28. The molecule has 100 valence electrons. The first kappa shape index (κ1) is 14.0. The second-order valence-electron chi connectivity index (χ2n) is 4.27. The molecule has 0 aromatic heterocycles. The van der Waals surface area contributed by atoms with Crippen molar-refractivity contribution >= 4 is 34.6 Å². The zero-order valence-electron chi connectivity index (χ0n) is 10.3. The first-order valence-electron chi connectivity index (χ1n) is 5.68. The van der Waals surface area contributed by atoms with Crippen molar-refractivity contribution in [3.05, 3.63) is 57.8 Å². The van der Waals surface area contributed by atoms with Crippen molar-refractivity contribution in [3.63, 3.8) is 0 Å². The largest absolute Gasteiger partial charge is 0.397 e. The van der Waals surface area contributed by atoms with E-state index in [0.717, 1.165) is 5.56 Å². The highest BCUT2D eigenvalue weighted by atomic mass is 35.5. The predicted molar refractivity (Wildman–Crippen MR) is 79.4 cm³/mol. The maximum atomic E-state index is 13.3. The molecule has 2 nitrogen and oxygen atoms in total. The van der Waals surface area contributed by atoms with E-state index in [0.29, 0.717) is 22.9 Å². The van der Waals surface area contributed by atoms with Crippen LogP contribution in [0.1, 0.15) is 5.56 Å². The Hall–Kier alpha value is -1.45. The van der Waals surface area contributed by atoms with Crippen LogP contribution in [0.5, 0.6) is 0 Å². The van der Waals surface area contributed by atoms with Crippen molar-refractivity contribution in [2.24, 2.45) is 0 Å². The average molecular weight is 299 g/mol. The van der Waals surface area contributed by atoms with Crippen LogP contribution in [-0.4, -0.2) is 7.05 Å². The van der Waals surface area contributed by atoms with Gasteiger partial charge in [0.05, 0.1) is 16.4 Å². The Bertz CT molecular complexity index is 602. The number of nitrogens with two attached hydrogens (primary N) is 1. The first-order valence-corrected chi connectivity index (χ1v) is 6.43. The number of benzene rings is 2. The van der Waals surface area contributed by atoms with E-state index >= 15 is 0 Å². The number of hydrogen-bond donors (Lipinski definition) is 1. The first-order chi connectivity index (χ1) is 8.99. The van der Waals surface area contributed by atoms with E-state index in [2.05, 4.69) is 0 Å². The van der Waals surface area contributed by atoms with Gasteiger partial charge in [-0.2, -0.15) is 0 Å². The van der Waals surface area contributed by atoms with Gasteiger partial charge in [-0.25, -0.2) is 4.39 Å². The molecule has 0 unspecified atom stereocenters. The third-order valence-corrected chi connectivity index (χ3v) is 3.50. The molecule has 2 N–H and O–H groups in total. The summed E-state index contributed by atoms with van der Waals surface area (Å²) in [5.41, 5.74) is 7.79. The maximum absolute atomic E-state index is 13.3. The van der Waals surface area contributed by atoms with Crippen LogP contribution in [0, 0.1) is 5.82 Å². The zero-order valence-corrected chi connectivity index (χ0v) is 11.8. The number of nitrogens with zero attached hydrogens (tertiary/aromatic N) is 1. The van der Waals surface area contributed by atoms with Crippen molar-refractivity contribution in [3.8, 4) is 0 Å². The minimum absolute atomic E-state index is 0.0511. The predicted octanol–water partition coefficient (Wildman–Crippen LogP) is 4.35. The quantitative estimate of drug-likeness (QED) is 0.854. The van der Waals surface area contributed by atoms with Gasteiger partial charge in [0.2, 0.25) is 0 Å². The Morgan fingerprint density at radius 3 is 2.53 bits per heavy atom. The van der Waals surface area contributed by atoms with Crippen molar-refractivity contribution in [2.45, 2.75) is 6.54 Å². The zero-order chi connectivity index (χ0) is 14.0. The summed E-state index contributed by atoms with van der Waals surface area (Å²) in [6.45, 7) is 0.561. The van der Waals surface area contributed by atoms with Gasteiger partial charge in [0.25, 0.3) is 0 Å². The molecule has 0 aliphatic carbocycles. The van der Waals surface area contributed by atoms with E-state index in [1.807, 2.05) is 36.2 Å². The highest BCUT2D eigenvalue weighted by Crippen LogP contribution is 2.30. The van der Waals surface area contributed by atoms with E-state index in [-0.39, 0.29) is 5.02 Å². The molecule has 0 aliphatic heterocycles. The van der Waals surface area contributed by atoms with Gasteiger partial charge < -0.3 is 10.6 Å². The van der Waals surface area contributed by atoms with Gasteiger partial charge in [0.15, 0.2) is 0 Å². The monoisotopic (exact) mass is 298 g/mol. The van der Waals surface area contributed by atoms with Crippen LogP contribution >= 0.6 is 23.2 Å². The molecule has 2 aromatic rings. The highest BCUT2D eigenvalue weighted by Gasteiger charge is 2.11. The second-order valence-corrected chi connectivity index (χ2v) is 5.09. The third kappa shape index (κ3) is 3.11. The SMILES string of the molecule is CN(Cc1ccccc1Cl)c1cc(Cl)c(F)cc1N. The van der Waals surface area contributed by atoms with E-state index in [9.17, 15) is 4.39 Å². The summed E-state index contributed by atoms with van der Waals surface area (Å²) >= 11 is 11.9. The summed E-state index contributed by atoms with van der Waals surface area (Å²) in [6.07, 6.45) is 0. The Labute approximate surface area is 121 Å². The fourth-order valence-corrected chi connectivity index (χ4v) is 2.20. The lowest BCUT2D eigenvalue weighted by molar-refractivity contribution is 0.628. The molecular weight excluding hydrogens is 286 g/mol. The summed E-state index contributed by atoms with van der Waals surface area (Å²) in [6, 6.07) is 10.3. The van der Waals surface area contributed by atoms with E-state index in [4.69, 9.17) is 28.9 Å². The molecule has 0 heterocycles. The standard InChI is InChI=1S/C14H13Cl2FN2/c1-19(8-9-4-2-3-5-10(9)15)14-6-11(16)12(17)7-13(14)18/h2-7H,8,18H2,1H3. The second kappa shape index (κ2) is 5.68. The molecule has 0 atom stereocenters. The molecule has 2 aromatic carbocycles. The molecule has 0 radical (unpaired) electrons. The lowest BCUT2D eigenvalue weighted by Crippen LogP contribution is -2.18. The third-order valence-electron chi connectivity index (χ3n) is 2.85. The van der Waals surface area contributed by atoms with Crippen molar-refractivity contribution in [1.29, 1.82) is 0 Å². The van der Waals surface area contributed by atoms with Gasteiger partial charge in [0, 0.05) is 24.7 Å².